The number of carboxylic acids is 1. The summed E-state index contributed by atoms with van der Waals surface area (Å²) in [6.07, 6.45) is 1.54. The molecule has 0 aliphatic rings. The molecule has 100 valence electrons. The Morgan fingerprint density at radius 1 is 1.53 bits per heavy atom. The molecule has 19 heavy (non-hydrogen) atoms. The molecule has 0 aliphatic carbocycles. The van der Waals surface area contributed by atoms with Gasteiger partial charge in [0.15, 0.2) is 5.76 Å². The number of carbonyl (C=O) groups excluding carboxylic acids is 1. The minimum Gasteiger partial charge on any atom is -0.477 e. The first kappa shape index (κ1) is 12.9. The van der Waals surface area contributed by atoms with Gasteiger partial charge < -0.3 is 19.5 Å². The predicted molar refractivity (Wildman–Crippen MR) is 64.5 cm³/mol. The second-order valence-electron chi connectivity index (χ2n) is 4.04. The largest absolute Gasteiger partial charge is 0.477 e. The van der Waals surface area contributed by atoms with Gasteiger partial charge in [-0.1, -0.05) is 5.16 Å². The fourth-order valence-electron chi connectivity index (χ4n) is 1.64. The lowest BCUT2D eigenvalue weighted by Crippen LogP contribution is -2.27. The van der Waals surface area contributed by atoms with Crippen LogP contribution in [-0.2, 0) is 17.9 Å². The zero-order valence-electron chi connectivity index (χ0n) is 10.3. The van der Waals surface area contributed by atoms with Crippen LogP contribution >= 0.6 is 0 Å². The van der Waals surface area contributed by atoms with E-state index < -0.39 is 5.97 Å². The van der Waals surface area contributed by atoms with Crippen molar-refractivity contribution in [3.63, 3.8) is 0 Å². The third-order valence-electron chi connectivity index (χ3n) is 2.50. The van der Waals surface area contributed by atoms with Crippen LogP contribution in [0, 0.1) is 6.92 Å². The number of aromatic carboxylic acids is 1. The standard InChI is InChI=1S/C12H13N3O4/c1-8-5-9(19-14-8)6-13-11(16)7-15-4-2-3-10(15)12(17)18/h2-5H,6-7H2,1H3,(H,13,16)(H,17,18). The van der Waals surface area contributed by atoms with Gasteiger partial charge in [0.05, 0.1) is 12.2 Å². The number of aromatic nitrogens is 2. The molecule has 2 heterocycles. The summed E-state index contributed by atoms with van der Waals surface area (Å²) in [7, 11) is 0. The molecule has 0 aromatic carbocycles. The molecule has 0 spiro atoms. The Bertz CT molecular complexity index is 600. The molecular weight excluding hydrogens is 250 g/mol. The van der Waals surface area contributed by atoms with Crippen LogP contribution in [-0.4, -0.2) is 26.7 Å². The number of carboxylic acid groups (broad SMARTS) is 1. The predicted octanol–water partition coefficient (Wildman–Crippen LogP) is 0.799. The molecule has 1 amide bonds. The van der Waals surface area contributed by atoms with Crippen LogP contribution in [0.4, 0.5) is 0 Å². The molecule has 2 aromatic heterocycles. The lowest BCUT2D eigenvalue weighted by atomic mass is 10.4. The van der Waals surface area contributed by atoms with Gasteiger partial charge in [0.2, 0.25) is 5.91 Å². The maximum absolute atomic E-state index is 11.7. The first-order valence-electron chi connectivity index (χ1n) is 5.63. The highest BCUT2D eigenvalue weighted by atomic mass is 16.5. The first-order valence-corrected chi connectivity index (χ1v) is 5.63. The summed E-state index contributed by atoms with van der Waals surface area (Å²) < 4.78 is 6.31. The Morgan fingerprint density at radius 3 is 2.95 bits per heavy atom. The summed E-state index contributed by atoms with van der Waals surface area (Å²) >= 11 is 0. The van der Waals surface area contributed by atoms with E-state index in [1.54, 1.807) is 25.3 Å². The fraction of sp³-hybridized carbons (Fsp3) is 0.250. The van der Waals surface area contributed by atoms with Crippen molar-refractivity contribution in [2.24, 2.45) is 0 Å². The van der Waals surface area contributed by atoms with Crippen LogP contribution < -0.4 is 5.32 Å². The molecule has 0 aliphatic heterocycles. The molecule has 0 saturated carbocycles. The van der Waals surface area contributed by atoms with E-state index in [9.17, 15) is 9.59 Å². The number of nitrogens with zero attached hydrogens (tertiary/aromatic N) is 2. The number of hydrogen-bond donors (Lipinski definition) is 2. The second-order valence-corrected chi connectivity index (χ2v) is 4.04. The molecule has 0 unspecified atom stereocenters. The van der Waals surface area contributed by atoms with Gasteiger partial charge >= 0.3 is 5.97 Å². The monoisotopic (exact) mass is 263 g/mol. The van der Waals surface area contributed by atoms with Crippen molar-refractivity contribution in [3.8, 4) is 0 Å². The van der Waals surface area contributed by atoms with Gasteiger partial charge in [0.1, 0.15) is 12.2 Å². The van der Waals surface area contributed by atoms with Gasteiger partial charge in [-0.3, -0.25) is 4.79 Å². The SMILES string of the molecule is Cc1cc(CNC(=O)Cn2cccc2C(=O)O)on1. The Hall–Kier alpha value is -2.57. The molecule has 0 bridgehead atoms. The molecule has 7 heteroatoms. The minimum atomic E-state index is -1.07. The van der Waals surface area contributed by atoms with Crippen LogP contribution in [0.25, 0.3) is 0 Å². The molecule has 0 saturated heterocycles. The van der Waals surface area contributed by atoms with E-state index in [2.05, 4.69) is 10.5 Å². The van der Waals surface area contributed by atoms with Crippen molar-refractivity contribution in [1.29, 1.82) is 0 Å². The van der Waals surface area contributed by atoms with Gasteiger partial charge in [-0.2, -0.15) is 0 Å². The summed E-state index contributed by atoms with van der Waals surface area (Å²) in [5.41, 5.74) is 0.813. The van der Waals surface area contributed by atoms with Crippen LogP contribution in [0.1, 0.15) is 21.9 Å². The van der Waals surface area contributed by atoms with Gasteiger partial charge in [0.25, 0.3) is 0 Å². The summed E-state index contributed by atoms with van der Waals surface area (Å²) in [5, 5.41) is 15.2. The van der Waals surface area contributed by atoms with Crippen LogP contribution in [0.3, 0.4) is 0 Å². The number of carbonyl (C=O) groups is 2. The number of amides is 1. The van der Waals surface area contributed by atoms with E-state index in [0.717, 1.165) is 5.69 Å². The Labute approximate surface area is 108 Å². The third kappa shape index (κ3) is 3.21. The van der Waals surface area contributed by atoms with E-state index in [0.29, 0.717) is 5.76 Å². The topological polar surface area (TPSA) is 97.4 Å². The Balaban J connectivity index is 1.90. The molecule has 2 rings (SSSR count). The Morgan fingerprint density at radius 2 is 2.32 bits per heavy atom. The number of nitrogens with one attached hydrogen (secondary N) is 1. The number of hydrogen-bond acceptors (Lipinski definition) is 4. The maximum Gasteiger partial charge on any atom is 0.352 e. The van der Waals surface area contributed by atoms with E-state index in [1.165, 1.54) is 10.6 Å². The van der Waals surface area contributed by atoms with Crippen molar-refractivity contribution in [2.75, 3.05) is 0 Å². The molecule has 2 N–H and O–H groups in total. The molecule has 2 aromatic rings. The smallest absolute Gasteiger partial charge is 0.352 e. The van der Waals surface area contributed by atoms with Crippen LogP contribution in [0.5, 0.6) is 0 Å². The highest BCUT2D eigenvalue weighted by molar-refractivity contribution is 5.86. The van der Waals surface area contributed by atoms with E-state index >= 15 is 0 Å². The highest BCUT2D eigenvalue weighted by Crippen LogP contribution is 2.03. The zero-order chi connectivity index (χ0) is 13.8. The van der Waals surface area contributed by atoms with Crippen LogP contribution in [0.15, 0.2) is 28.9 Å². The van der Waals surface area contributed by atoms with Crippen LogP contribution in [0.2, 0.25) is 0 Å². The molecule has 0 atom stereocenters. The van der Waals surface area contributed by atoms with Gasteiger partial charge in [-0.05, 0) is 19.1 Å². The van der Waals surface area contributed by atoms with E-state index in [1.807, 2.05) is 0 Å². The van der Waals surface area contributed by atoms with Gasteiger partial charge in [-0.15, -0.1) is 0 Å². The normalized spacial score (nSPS) is 10.4. The van der Waals surface area contributed by atoms with Gasteiger partial charge in [-0.25, -0.2) is 4.79 Å². The van der Waals surface area contributed by atoms with E-state index in [4.69, 9.17) is 9.63 Å². The third-order valence-corrected chi connectivity index (χ3v) is 2.50. The minimum absolute atomic E-state index is 0.0538. The molecule has 7 nitrogen and oxygen atoms in total. The summed E-state index contributed by atoms with van der Waals surface area (Å²) in [6, 6.07) is 4.74. The summed E-state index contributed by atoms with van der Waals surface area (Å²) in [6.45, 7) is 1.96. The van der Waals surface area contributed by atoms with E-state index in [-0.39, 0.29) is 24.7 Å². The average Bonchev–Trinajstić information content (AvgIpc) is 2.95. The average molecular weight is 263 g/mol. The zero-order valence-corrected chi connectivity index (χ0v) is 10.3. The van der Waals surface area contributed by atoms with Crippen molar-refractivity contribution in [2.45, 2.75) is 20.0 Å². The van der Waals surface area contributed by atoms with Crippen molar-refractivity contribution in [1.82, 2.24) is 15.0 Å². The van der Waals surface area contributed by atoms with Gasteiger partial charge in [0, 0.05) is 12.3 Å². The fourth-order valence-corrected chi connectivity index (χ4v) is 1.64. The quantitative estimate of drug-likeness (QED) is 0.831. The molecule has 0 fully saturated rings. The number of rotatable bonds is 5. The first-order chi connectivity index (χ1) is 9.06. The maximum atomic E-state index is 11.7. The lowest BCUT2D eigenvalue weighted by molar-refractivity contribution is -0.121. The molecule has 0 radical (unpaired) electrons. The van der Waals surface area contributed by atoms with Crippen molar-refractivity contribution >= 4 is 11.9 Å². The molecular formula is C12H13N3O4. The summed E-state index contributed by atoms with van der Waals surface area (Å²) in [5.74, 6) is -0.812. The lowest BCUT2D eigenvalue weighted by Gasteiger charge is -2.06. The summed E-state index contributed by atoms with van der Waals surface area (Å²) in [4.78, 5) is 22.5. The second kappa shape index (κ2) is 5.38. The van der Waals surface area contributed by atoms with Crippen molar-refractivity contribution in [3.05, 3.63) is 41.5 Å². The Kier molecular flexibility index (Phi) is 3.65. The highest BCUT2D eigenvalue weighted by Gasteiger charge is 2.11. The number of aryl methyl sites for hydroxylation is 1. The van der Waals surface area contributed by atoms with Crippen molar-refractivity contribution < 1.29 is 19.2 Å².